The summed E-state index contributed by atoms with van der Waals surface area (Å²) in [6.07, 6.45) is 0.195. The van der Waals surface area contributed by atoms with Crippen LogP contribution in [-0.4, -0.2) is 23.0 Å². The van der Waals surface area contributed by atoms with Crippen molar-refractivity contribution in [3.63, 3.8) is 0 Å². The Kier molecular flexibility index (Phi) is 5.06. The number of ether oxygens (including phenoxy) is 1. The van der Waals surface area contributed by atoms with Gasteiger partial charge in [-0.25, -0.2) is 9.78 Å². The molecule has 1 N–H and O–H groups in total. The van der Waals surface area contributed by atoms with E-state index < -0.39 is 11.7 Å². The lowest BCUT2D eigenvalue weighted by atomic mass is 10.2. The summed E-state index contributed by atoms with van der Waals surface area (Å²) in [5, 5.41) is 2.63. The van der Waals surface area contributed by atoms with Gasteiger partial charge in [-0.1, -0.05) is 0 Å². The number of nitrogens with one attached hydrogen (secondary N) is 1. The molecule has 1 aromatic heterocycles. The zero-order chi connectivity index (χ0) is 13.8. The normalized spacial score (nSPS) is 10.9. The van der Waals surface area contributed by atoms with Crippen LogP contribution < -0.4 is 5.32 Å². The molecule has 0 radical (unpaired) electrons. The van der Waals surface area contributed by atoms with E-state index in [2.05, 4.69) is 10.3 Å². The quantitative estimate of drug-likeness (QED) is 0.510. The molecule has 18 heavy (non-hydrogen) atoms. The van der Waals surface area contributed by atoms with Crippen LogP contribution in [0.2, 0.25) is 0 Å². The first-order valence-corrected chi connectivity index (χ1v) is 6.46. The molecule has 98 valence electrons. The molecule has 1 rings (SSSR count). The number of hydrogen-bond donors (Lipinski definition) is 1. The Balaban J connectivity index is 2.61. The average Bonchev–Trinajstić information content (AvgIpc) is 2.23. The molecule has 0 atom stereocenters. The van der Waals surface area contributed by atoms with E-state index in [0.29, 0.717) is 22.2 Å². The van der Waals surface area contributed by atoms with Gasteiger partial charge in [0.25, 0.3) is 0 Å². The maximum absolute atomic E-state index is 11.5. The summed E-state index contributed by atoms with van der Waals surface area (Å²) in [5.41, 5.74) is 0.635. The van der Waals surface area contributed by atoms with E-state index in [1.807, 2.05) is 22.6 Å². The monoisotopic (exact) mass is 362 g/mol. The first kappa shape index (κ1) is 14.9. The summed E-state index contributed by atoms with van der Waals surface area (Å²) in [6, 6.07) is 3.43. The number of rotatable bonds is 3. The smallest absolute Gasteiger partial charge is 0.407 e. The number of amides is 1. The van der Waals surface area contributed by atoms with Crippen LogP contribution in [-0.2, 0) is 11.3 Å². The van der Waals surface area contributed by atoms with Crippen molar-refractivity contribution in [1.29, 1.82) is 0 Å². The van der Waals surface area contributed by atoms with E-state index in [0.717, 1.165) is 5.56 Å². The van der Waals surface area contributed by atoms with Gasteiger partial charge in [0.2, 0.25) is 0 Å². The molecule has 0 aromatic carbocycles. The molecular formula is C12H15IN2O3. The average molecular weight is 362 g/mol. The van der Waals surface area contributed by atoms with Gasteiger partial charge in [-0.2, -0.15) is 0 Å². The summed E-state index contributed by atoms with van der Waals surface area (Å²) < 4.78 is 5.82. The van der Waals surface area contributed by atoms with Gasteiger partial charge in [0.05, 0.1) is 0 Å². The number of pyridine rings is 1. The van der Waals surface area contributed by atoms with Gasteiger partial charge < -0.3 is 10.1 Å². The lowest BCUT2D eigenvalue weighted by Crippen LogP contribution is -2.32. The number of aldehydes is 1. The van der Waals surface area contributed by atoms with Crippen molar-refractivity contribution in [2.75, 3.05) is 0 Å². The highest BCUT2D eigenvalue weighted by atomic mass is 127. The Labute approximate surface area is 119 Å². The highest BCUT2D eigenvalue weighted by Gasteiger charge is 2.15. The van der Waals surface area contributed by atoms with Crippen molar-refractivity contribution in [2.45, 2.75) is 32.9 Å². The van der Waals surface area contributed by atoms with Gasteiger partial charge >= 0.3 is 6.09 Å². The molecule has 1 amide bonds. The molecule has 0 bridgehead atoms. The number of halogens is 1. The van der Waals surface area contributed by atoms with Gasteiger partial charge in [-0.15, -0.1) is 0 Å². The Hall–Kier alpha value is -1.18. The minimum Gasteiger partial charge on any atom is -0.444 e. The van der Waals surface area contributed by atoms with Gasteiger partial charge in [0.15, 0.2) is 6.29 Å². The second kappa shape index (κ2) is 6.12. The van der Waals surface area contributed by atoms with Crippen molar-refractivity contribution in [1.82, 2.24) is 10.3 Å². The van der Waals surface area contributed by atoms with Crippen LogP contribution in [0.3, 0.4) is 0 Å². The molecule has 0 aliphatic heterocycles. The Morgan fingerprint density at radius 1 is 1.50 bits per heavy atom. The molecule has 6 heteroatoms. The van der Waals surface area contributed by atoms with Crippen LogP contribution in [0.25, 0.3) is 0 Å². The third-order valence-electron chi connectivity index (χ3n) is 1.83. The van der Waals surface area contributed by atoms with E-state index >= 15 is 0 Å². The summed E-state index contributed by atoms with van der Waals surface area (Å²) in [7, 11) is 0. The van der Waals surface area contributed by atoms with Gasteiger partial charge in [0, 0.05) is 6.54 Å². The number of carbonyl (C=O) groups is 2. The molecule has 5 nitrogen and oxygen atoms in total. The molecule has 0 aliphatic carbocycles. The number of hydrogen-bond acceptors (Lipinski definition) is 4. The first-order chi connectivity index (χ1) is 8.30. The zero-order valence-electron chi connectivity index (χ0n) is 10.5. The number of alkyl carbamates (subject to hydrolysis) is 1. The molecule has 0 saturated carbocycles. The fourth-order valence-corrected chi connectivity index (χ4v) is 1.90. The summed E-state index contributed by atoms with van der Waals surface area (Å²) in [4.78, 5) is 26.1. The SMILES string of the molecule is CC(C)(C)OC(=O)NCc1cc(I)nc(C=O)c1. The zero-order valence-corrected chi connectivity index (χ0v) is 12.6. The van der Waals surface area contributed by atoms with Crippen LogP contribution in [0, 0.1) is 3.70 Å². The highest BCUT2D eigenvalue weighted by Crippen LogP contribution is 2.09. The molecule has 0 aliphatic rings. The maximum Gasteiger partial charge on any atom is 0.407 e. The molecule has 0 fully saturated rings. The molecule has 0 spiro atoms. The van der Waals surface area contributed by atoms with E-state index in [4.69, 9.17) is 4.74 Å². The molecule has 1 heterocycles. The summed E-state index contributed by atoms with van der Waals surface area (Å²) in [5.74, 6) is 0. The van der Waals surface area contributed by atoms with E-state index in [1.54, 1.807) is 32.9 Å². The Morgan fingerprint density at radius 2 is 2.17 bits per heavy atom. The lowest BCUT2D eigenvalue weighted by Gasteiger charge is -2.19. The van der Waals surface area contributed by atoms with Crippen LogP contribution in [0.15, 0.2) is 12.1 Å². The highest BCUT2D eigenvalue weighted by molar-refractivity contribution is 14.1. The fourth-order valence-electron chi connectivity index (χ4n) is 1.22. The minimum atomic E-state index is -0.523. The predicted octanol–water partition coefficient (Wildman–Crippen LogP) is 2.52. The van der Waals surface area contributed by atoms with Crippen molar-refractivity contribution >= 4 is 35.0 Å². The Morgan fingerprint density at radius 3 is 2.72 bits per heavy atom. The second-order valence-electron chi connectivity index (χ2n) is 4.70. The van der Waals surface area contributed by atoms with Crippen LogP contribution >= 0.6 is 22.6 Å². The van der Waals surface area contributed by atoms with Gasteiger partial charge in [-0.3, -0.25) is 4.79 Å². The fraction of sp³-hybridized carbons (Fsp3) is 0.417. The Bertz CT molecular complexity index is 455. The molecular weight excluding hydrogens is 347 g/mol. The summed E-state index contributed by atoms with van der Waals surface area (Å²) in [6.45, 7) is 5.69. The lowest BCUT2D eigenvalue weighted by molar-refractivity contribution is 0.0523. The standard InChI is InChI=1S/C12H15IN2O3/c1-12(2,3)18-11(17)14-6-8-4-9(7-16)15-10(13)5-8/h4-5,7H,6H2,1-3H3,(H,14,17). The van der Waals surface area contributed by atoms with Crippen LogP contribution in [0.1, 0.15) is 36.8 Å². The number of aromatic nitrogens is 1. The number of carbonyl (C=O) groups excluding carboxylic acids is 2. The molecule has 1 aromatic rings. The van der Waals surface area contributed by atoms with Crippen molar-refractivity contribution in [3.05, 3.63) is 27.1 Å². The van der Waals surface area contributed by atoms with Crippen molar-refractivity contribution < 1.29 is 14.3 Å². The maximum atomic E-state index is 11.5. The first-order valence-electron chi connectivity index (χ1n) is 5.38. The van der Waals surface area contributed by atoms with E-state index in [-0.39, 0.29) is 0 Å². The van der Waals surface area contributed by atoms with Gasteiger partial charge in [-0.05, 0) is 61.1 Å². The third kappa shape index (κ3) is 5.44. The van der Waals surface area contributed by atoms with Crippen molar-refractivity contribution in [3.8, 4) is 0 Å². The van der Waals surface area contributed by atoms with Crippen LogP contribution in [0.5, 0.6) is 0 Å². The third-order valence-corrected chi connectivity index (χ3v) is 2.38. The molecule has 0 unspecified atom stereocenters. The minimum absolute atomic E-state index is 0.300. The van der Waals surface area contributed by atoms with Crippen molar-refractivity contribution in [2.24, 2.45) is 0 Å². The van der Waals surface area contributed by atoms with Gasteiger partial charge in [0.1, 0.15) is 15.0 Å². The largest absolute Gasteiger partial charge is 0.444 e. The predicted molar refractivity (Wildman–Crippen MR) is 75.4 cm³/mol. The summed E-state index contributed by atoms with van der Waals surface area (Å²) >= 11 is 2.02. The number of nitrogens with zero attached hydrogens (tertiary/aromatic N) is 1. The molecule has 0 saturated heterocycles. The van der Waals surface area contributed by atoms with E-state index in [1.165, 1.54) is 0 Å². The van der Waals surface area contributed by atoms with E-state index in [9.17, 15) is 9.59 Å². The second-order valence-corrected chi connectivity index (χ2v) is 5.80. The topological polar surface area (TPSA) is 68.3 Å². The van der Waals surface area contributed by atoms with Crippen LogP contribution in [0.4, 0.5) is 4.79 Å².